The van der Waals surface area contributed by atoms with Crippen LogP contribution in [0.4, 0.5) is 13.2 Å². The first-order valence-corrected chi connectivity index (χ1v) is 11.0. The fourth-order valence-electron chi connectivity index (χ4n) is 4.09. The molecule has 1 saturated heterocycles. The van der Waals surface area contributed by atoms with Gasteiger partial charge in [-0.25, -0.2) is 8.42 Å². The Morgan fingerprint density at radius 2 is 1.72 bits per heavy atom. The summed E-state index contributed by atoms with van der Waals surface area (Å²) in [5.74, 6) is 0. The SMILES string of the molecule is Cn1nc(CN2CCCC2)c2c1CCN(S(=O)(=O)c1ccc(C(F)(F)F)cc1)C2. The van der Waals surface area contributed by atoms with Crippen molar-refractivity contribution in [3.63, 3.8) is 0 Å². The molecule has 0 bridgehead atoms. The predicted octanol–water partition coefficient (Wildman–Crippen LogP) is 2.78. The lowest BCUT2D eigenvalue weighted by Crippen LogP contribution is -2.36. The van der Waals surface area contributed by atoms with Crippen LogP contribution in [0.2, 0.25) is 0 Å². The first-order valence-electron chi connectivity index (χ1n) is 9.59. The summed E-state index contributed by atoms with van der Waals surface area (Å²) in [6, 6.07) is 3.68. The molecule has 0 atom stereocenters. The van der Waals surface area contributed by atoms with Gasteiger partial charge in [-0.05, 0) is 50.2 Å². The third-order valence-electron chi connectivity index (χ3n) is 5.68. The summed E-state index contributed by atoms with van der Waals surface area (Å²) in [7, 11) is -2.02. The maximum Gasteiger partial charge on any atom is 0.416 e. The van der Waals surface area contributed by atoms with E-state index in [0.717, 1.165) is 67.1 Å². The van der Waals surface area contributed by atoms with Gasteiger partial charge in [-0.2, -0.15) is 22.6 Å². The van der Waals surface area contributed by atoms with Gasteiger partial charge in [0.1, 0.15) is 0 Å². The maximum atomic E-state index is 13.0. The Labute approximate surface area is 168 Å². The number of rotatable bonds is 4. The second-order valence-corrected chi connectivity index (χ2v) is 9.53. The van der Waals surface area contributed by atoms with Crippen molar-refractivity contribution in [2.75, 3.05) is 19.6 Å². The molecule has 1 fully saturated rings. The van der Waals surface area contributed by atoms with Gasteiger partial charge in [-0.15, -0.1) is 0 Å². The lowest BCUT2D eigenvalue weighted by Gasteiger charge is -2.27. The molecule has 2 aliphatic rings. The molecule has 29 heavy (non-hydrogen) atoms. The van der Waals surface area contributed by atoms with Crippen molar-refractivity contribution in [3.8, 4) is 0 Å². The van der Waals surface area contributed by atoms with Crippen molar-refractivity contribution >= 4 is 10.0 Å². The lowest BCUT2D eigenvalue weighted by atomic mass is 10.1. The maximum absolute atomic E-state index is 13.0. The van der Waals surface area contributed by atoms with E-state index in [0.29, 0.717) is 13.0 Å². The molecule has 158 valence electrons. The Morgan fingerprint density at radius 3 is 2.34 bits per heavy atom. The molecule has 3 heterocycles. The summed E-state index contributed by atoms with van der Waals surface area (Å²) < 4.78 is 67.5. The molecule has 4 rings (SSSR count). The fourth-order valence-corrected chi connectivity index (χ4v) is 5.50. The summed E-state index contributed by atoms with van der Waals surface area (Å²) >= 11 is 0. The average molecular weight is 428 g/mol. The first kappa shape index (κ1) is 20.4. The predicted molar refractivity (Wildman–Crippen MR) is 100 cm³/mol. The Bertz CT molecular complexity index is 994. The molecular formula is C19H23F3N4O2S. The quantitative estimate of drug-likeness (QED) is 0.752. The minimum Gasteiger partial charge on any atom is -0.297 e. The van der Waals surface area contributed by atoms with Crippen molar-refractivity contribution < 1.29 is 21.6 Å². The molecule has 0 N–H and O–H groups in total. The standard InChI is InChI=1S/C19H23F3N4O2S/c1-24-18-8-11-26(12-16(18)17(23-24)13-25-9-2-3-10-25)29(27,28)15-6-4-14(5-7-15)19(20,21)22/h4-7H,2-3,8-13H2,1H3. The molecule has 0 unspecified atom stereocenters. The second kappa shape index (κ2) is 7.41. The molecule has 0 saturated carbocycles. The zero-order valence-corrected chi connectivity index (χ0v) is 16.9. The van der Waals surface area contributed by atoms with E-state index < -0.39 is 21.8 Å². The molecule has 10 heteroatoms. The third kappa shape index (κ3) is 3.93. The van der Waals surface area contributed by atoms with Crippen LogP contribution in [-0.2, 0) is 42.8 Å². The molecule has 0 aliphatic carbocycles. The van der Waals surface area contributed by atoms with Crippen molar-refractivity contribution in [1.29, 1.82) is 0 Å². The number of likely N-dealkylation sites (tertiary alicyclic amines) is 1. The van der Waals surface area contributed by atoms with Gasteiger partial charge < -0.3 is 0 Å². The monoisotopic (exact) mass is 428 g/mol. The van der Waals surface area contributed by atoms with Gasteiger partial charge in [0.25, 0.3) is 0 Å². The summed E-state index contributed by atoms with van der Waals surface area (Å²) in [5, 5.41) is 4.61. The minimum absolute atomic E-state index is 0.126. The van der Waals surface area contributed by atoms with Crippen molar-refractivity contribution in [1.82, 2.24) is 19.0 Å². The number of benzene rings is 1. The van der Waals surface area contributed by atoms with Crippen LogP contribution in [0.1, 0.15) is 35.4 Å². The number of hydrogen-bond acceptors (Lipinski definition) is 4. The minimum atomic E-state index is -4.50. The molecule has 1 aromatic carbocycles. The van der Waals surface area contributed by atoms with Gasteiger partial charge in [-0.3, -0.25) is 9.58 Å². The highest BCUT2D eigenvalue weighted by Crippen LogP contribution is 2.32. The van der Waals surface area contributed by atoms with E-state index in [1.807, 2.05) is 11.7 Å². The van der Waals surface area contributed by atoms with Crippen LogP contribution < -0.4 is 0 Å². The van der Waals surface area contributed by atoms with Gasteiger partial charge in [0.15, 0.2) is 0 Å². The lowest BCUT2D eigenvalue weighted by molar-refractivity contribution is -0.137. The summed E-state index contributed by atoms with van der Waals surface area (Å²) in [5.41, 5.74) is 1.97. The van der Waals surface area contributed by atoms with Crippen LogP contribution >= 0.6 is 0 Å². The van der Waals surface area contributed by atoms with Crippen molar-refractivity contribution in [2.45, 2.75) is 43.4 Å². The third-order valence-corrected chi connectivity index (χ3v) is 7.54. The van der Waals surface area contributed by atoms with E-state index in [-0.39, 0.29) is 18.0 Å². The Balaban J connectivity index is 1.58. The van der Waals surface area contributed by atoms with Crippen LogP contribution in [0.3, 0.4) is 0 Å². The van der Waals surface area contributed by atoms with Crippen LogP contribution in [0.25, 0.3) is 0 Å². The number of hydrogen-bond donors (Lipinski definition) is 0. The number of halogens is 3. The normalized spacial score (nSPS) is 18.9. The topological polar surface area (TPSA) is 58.4 Å². The highest BCUT2D eigenvalue weighted by molar-refractivity contribution is 7.89. The fraction of sp³-hybridized carbons (Fsp3) is 0.526. The number of aryl methyl sites for hydroxylation is 1. The summed E-state index contributed by atoms with van der Waals surface area (Å²) in [4.78, 5) is 2.19. The number of alkyl halides is 3. The summed E-state index contributed by atoms with van der Waals surface area (Å²) in [6.07, 6.45) is -1.66. The van der Waals surface area contributed by atoms with E-state index in [1.54, 1.807) is 0 Å². The highest BCUT2D eigenvalue weighted by Gasteiger charge is 2.34. The zero-order chi connectivity index (χ0) is 20.8. The number of fused-ring (bicyclic) bond motifs is 1. The zero-order valence-electron chi connectivity index (χ0n) is 16.1. The molecule has 2 aromatic rings. The molecule has 0 spiro atoms. The van der Waals surface area contributed by atoms with Gasteiger partial charge in [0.05, 0.1) is 16.2 Å². The van der Waals surface area contributed by atoms with Crippen LogP contribution in [0.15, 0.2) is 29.2 Å². The number of nitrogens with zero attached hydrogens (tertiary/aromatic N) is 4. The summed E-state index contributed by atoms with van der Waals surface area (Å²) in [6.45, 7) is 3.18. The Morgan fingerprint density at radius 1 is 1.07 bits per heavy atom. The molecule has 6 nitrogen and oxygen atoms in total. The highest BCUT2D eigenvalue weighted by atomic mass is 32.2. The molecule has 0 radical (unpaired) electrons. The van der Waals surface area contributed by atoms with Gasteiger partial charge >= 0.3 is 6.18 Å². The van der Waals surface area contributed by atoms with Crippen molar-refractivity contribution in [3.05, 3.63) is 46.8 Å². The molecule has 1 aromatic heterocycles. The van der Waals surface area contributed by atoms with E-state index in [9.17, 15) is 21.6 Å². The van der Waals surface area contributed by atoms with Crippen LogP contribution in [0, 0.1) is 0 Å². The Kier molecular flexibility index (Phi) is 5.20. The second-order valence-electron chi connectivity index (χ2n) is 7.59. The Hall–Kier alpha value is -1.91. The van der Waals surface area contributed by atoms with E-state index >= 15 is 0 Å². The molecular weight excluding hydrogens is 405 g/mol. The number of sulfonamides is 1. The van der Waals surface area contributed by atoms with E-state index in [4.69, 9.17) is 0 Å². The van der Waals surface area contributed by atoms with Gasteiger partial charge in [0, 0.05) is 44.4 Å². The largest absolute Gasteiger partial charge is 0.416 e. The number of aromatic nitrogens is 2. The average Bonchev–Trinajstić information content (AvgIpc) is 3.29. The van der Waals surface area contributed by atoms with Gasteiger partial charge in [0.2, 0.25) is 10.0 Å². The first-order chi connectivity index (χ1) is 13.7. The van der Waals surface area contributed by atoms with Crippen LogP contribution in [0.5, 0.6) is 0 Å². The van der Waals surface area contributed by atoms with Gasteiger partial charge in [-0.1, -0.05) is 0 Å². The molecule has 2 aliphatic heterocycles. The van der Waals surface area contributed by atoms with Crippen molar-refractivity contribution in [2.24, 2.45) is 7.05 Å². The smallest absolute Gasteiger partial charge is 0.297 e. The van der Waals surface area contributed by atoms with Crippen LogP contribution in [-0.4, -0.2) is 47.0 Å². The molecule has 0 amide bonds. The van der Waals surface area contributed by atoms with E-state index in [1.165, 1.54) is 4.31 Å². The van der Waals surface area contributed by atoms with E-state index in [2.05, 4.69) is 10.00 Å².